The Kier molecular flexibility index (Phi) is 3.83. The lowest BCUT2D eigenvalue weighted by Crippen LogP contribution is -2.15. The maximum Gasteiger partial charge on any atom is 0.336 e. The normalized spacial score (nSPS) is 13.8. The molecule has 1 aliphatic rings. The average Bonchev–Trinajstić information content (AvgIpc) is 2.53. The molecule has 0 amide bonds. The molecule has 0 radical (unpaired) electrons. The smallest absolute Gasteiger partial charge is 0.336 e. The highest BCUT2D eigenvalue weighted by molar-refractivity contribution is 6.20. The largest absolute Gasteiger partial charge is 0.486 e. The van der Waals surface area contributed by atoms with E-state index in [9.17, 15) is 9.90 Å². The van der Waals surface area contributed by atoms with Crippen molar-refractivity contribution in [3.63, 3.8) is 0 Å². The number of carbonyl (C=O) groups is 1. The van der Waals surface area contributed by atoms with Gasteiger partial charge in [-0.2, -0.15) is 0 Å². The van der Waals surface area contributed by atoms with Crippen LogP contribution in [0.5, 0.6) is 11.5 Å². The number of carboxylic acid groups (broad SMARTS) is 1. The Morgan fingerprint density at radius 2 is 1.73 bits per heavy atom. The lowest BCUT2D eigenvalue weighted by molar-refractivity contribution is -0.130. The van der Waals surface area contributed by atoms with Gasteiger partial charge in [-0.3, -0.25) is 0 Å². The van der Waals surface area contributed by atoms with Gasteiger partial charge in [-0.25, -0.2) is 4.79 Å². The van der Waals surface area contributed by atoms with Crippen molar-refractivity contribution in [2.45, 2.75) is 6.92 Å². The van der Waals surface area contributed by atoms with Gasteiger partial charge in [-0.1, -0.05) is 35.9 Å². The highest BCUT2D eigenvalue weighted by Crippen LogP contribution is 2.33. The number of benzene rings is 2. The molecule has 0 unspecified atom stereocenters. The molecule has 0 aliphatic carbocycles. The van der Waals surface area contributed by atoms with E-state index in [-0.39, 0.29) is 5.57 Å². The molecule has 1 aliphatic heterocycles. The summed E-state index contributed by atoms with van der Waals surface area (Å²) >= 11 is 0. The Labute approximate surface area is 128 Å². The maximum atomic E-state index is 11.6. The molecule has 0 aromatic heterocycles. The Morgan fingerprint density at radius 3 is 2.41 bits per heavy atom. The van der Waals surface area contributed by atoms with Crippen molar-refractivity contribution in [2.24, 2.45) is 0 Å². The Balaban J connectivity index is 2.01. The first-order valence-corrected chi connectivity index (χ1v) is 7.05. The van der Waals surface area contributed by atoms with E-state index in [1.54, 1.807) is 24.3 Å². The van der Waals surface area contributed by atoms with Crippen LogP contribution in [0.2, 0.25) is 0 Å². The first-order valence-electron chi connectivity index (χ1n) is 7.05. The zero-order chi connectivity index (χ0) is 15.5. The van der Waals surface area contributed by atoms with Crippen LogP contribution in [0.1, 0.15) is 16.7 Å². The molecule has 3 rings (SSSR count). The second-order valence-corrected chi connectivity index (χ2v) is 5.13. The molecule has 1 heterocycles. The molecule has 0 spiro atoms. The summed E-state index contributed by atoms with van der Waals surface area (Å²) in [7, 11) is 0. The molecule has 2 aromatic carbocycles. The van der Waals surface area contributed by atoms with Crippen LogP contribution in [-0.4, -0.2) is 24.3 Å². The van der Waals surface area contributed by atoms with Crippen molar-refractivity contribution >= 4 is 17.6 Å². The van der Waals surface area contributed by atoms with Crippen molar-refractivity contribution in [3.05, 3.63) is 59.2 Å². The number of aryl methyl sites for hydroxylation is 1. The van der Waals surface area contributed by atoms with E-state index in [0.29, 0.717) is 30.3 Å². The Hall–Kier alpha value is -2.75. The number of carboxylic acids is 1. The van der Waals surface area contributed by atoms with Gasteiger partial charge in [0, 0.05) is 0 Å². The quantitative estimate of drug-likeness (QED) is 0.697. The third kappa shape index (κ3) is 2.96. The Morgan fingerprint density at radius 1 is 1.05 bits per heavy atom. The zero-order valence-corrected chi connectivity index (χ0v) is 12.2. The summed E-state index contributed by atoms with van der Waals surface area (Å²) in [6.45, 7) is 2.98. The van der Waals surface area contributed by atoms with Gasteiger partial charge in [-0.05, 0) is 36.3 Å². The molecule has 4 nitrogen and oxygen atoms in total. The van der Waals surface area contributed by atoms with E-state index in [2.05, 4.69) is 0 Å². The van der Waals surface area contributed by atoms with Crippen LogP contribution in [0.25, 0.3) is 11.6 Å². The van der Waals surface area contributed by atoms with Crippen LogP contribution in [-0.2, 0) is 4.79 Å². The SMILES string of the molecule is Cc1ccc(/C=C(\C(=O)O)c2ccc3c(c2)OCCO3)cc1. The molecule has 2 aromatic rings. The number of ether oxygens (including phenoxy) is 2. The number of aliphatic carboxylic acids is 1. The lowest BCUT2D eigenvalue weighted by Gasteiger charge is -2.19. The zero-order valence-electron chi connectivity index (χ0n) is 12.2. The molecular formula is C18H16O4. The molecule has 0 atom stereocenters. The first-order chi connectivity index (χ1) is 10.6. The summed E-state index contributed by atoms with van der Waals surface area (Å²) in [6, 6.07) is 12.9. The minimum atomic E-state index is -0.975. The molecule has 0 saturated carbocycles. The predicted octanol–water partition coefficient (Wildman–Crippen LogP) is 3.39. The van der Waals surface area contributed by atoms with E-state index in [1.807, 2.05) is 31.2 Å². The minimum absolute atomic E-state index is 0.223. The number of fused-ring (bicyclic) bond motifs is 1. The van der Waals surface area contributed by atoms with Crippen LogP contribution >= 0.6 is 0 Å². The van der Waals surface area contributed by atoms with Crippen molar-refractivity contribution < 1.29 is 19.4 Å². The van der Waals surface area contributed by atoms with Gasteiger partial charge in [-0.15, -0.1) is 0 Å². The summed E-state index contributed by atoms with van der Waals surface area (Å²) in [5.41, 5.74) is 2.80. The van der Waals surface area contributed by atoms with Gasteiger partial charge in [0.1, 0.15) is 13.2 Å². The van der Waals surface area contributed by atoms with E-state index in [0.717, 1.165) is 11.1 Å². The van der Waals surface area contributed by atoms with E-state index < -0.39 is 5.97 Å². The van der Waals surface area contributed by atoms with Crippen LogP contribution in [0.4, 0.5) is 0 Å². The fraction of sp³-hybridized carbons (Fsp3) is 0.167. The summed E-state index contributed by atoms with van der Waals surface area (Å²) in [4.78, 5) is 11.6. The van der Waals surface area contributed by atoms with Gasteiger partial charge in [0.25, 0.3) is 0 Å². The van der Waals surface area contributed by atoms with Crippen LogP contribution in [0.3, 0.4) is 0 Å². The summed E-state index contributed by atoms with van der Waals surface area (Å²) in [6.07, 6.45) is 1.66. The predicted molar refractivity (Wildman–Crippen MR) is 84.1 cm³/mol. The molecular weight excluding hydrogens is 280 g/mol. The molecule has 0 saturated heterocycles. The third-order valence-electron chi connectivity index (χ3n) is 3.47. The number of hydrogen-bond donors (Lipinski definition) is 1. The van der Waals surface area contributed by atoms with Crippen LogP contribution in [0, 0.1) is 6.92 Å². The average molecular weight is 296 g/mol. The second-order valence-electron chi connectivity index (χ2n) is 5.13. The molecule has 1 N–H and O–H groups in total. The van der Waals surface area contributed by atoms with Gasteiger partial charge in [0.15, 0.2) is 11.5 Å². The van der Waals surface area contributed by atoms with Gasteiger partial charge < -0.3 is 14.6 Å². The second kappa shape index (κ2) is 5.93. The highest BCUT2D eigenvalue weighted by Gasteiger charge is 2.16. The van der Waals surface area contributed by atoms with Crippen molar-refractivity contribution in [1.29, 1.82) is 0 Å². The summed E-state index contributed by atoms with van der Waals surface area (Å²) in [5.74, 6) is 0.257. The van der Waals surface area contributed by atoms with E-state index >= 15 is 0 Å². The fourth-order valence-corrected chi connectivity index (χ4v) is 2.31. The van der Waals surface area contributed by atoms with Crippen molar-refractivity contribution in [2.75, 3.05) is 13.2 Å². The lowest BCUT2D eigenvalue weighted by atomic mass is 10.0. The van der Waals surface area contributed by atoms with Crippen LogP contribution < -0.4 is 9.47 Å². The standard InChI is InChI=1S/C18H16O4/c1-12-2-4-13(5-3-12)10-15(18(19)20)14-6-7-16-17(11-14)22-9-8-21-16/h2-7,10-11H,8-9H2,1H3,(H,19,20)/b15-10-. The summed E-state index contributed by atoms with van der Waals surface area (Å²) < 4.78 is 11.0. The maximum absolute atomic E-state index is 11.6. The fourth-order valence-electron chi connectivity index (χ4n) is 2.31. The number of rotatable bonds is 3. The van der Waals surface area contributed by atoms with Gasteiger partial charge in [0.05, 0.1) is 5.57 Å². The molecule has 0 fully saturated rings. The Bertz CT molecular complexity index is 729. The molecule has 0 bridgehead atoms. The van der Waals surface area contributed by atoms with E-state index in [1.165, 1.54) is 0 Å². The topological polar surface area (TPSA) is 55.8 Å². The molecule has 4 heteroatoms. The number of hydrogen-bond acceptors (Lipinski definition) is 3. The molecule has 22 heavy (non-hydrogen) atoms. The third-order valence-corrected chi connectivity index (χ3v) is 3.47. The van der Waals surface area contributed by atoms with Crippen molar-refractivity contribution in [3.8, 4) is 11.5 Å². The monoisotopic (exact) mass is 296 g/mol. The summed E-state index contributed by atoms with van der Waals surface area (Å²) in [5, 5.41) is 9.51. The van der Waals surface area contributed by atoms with E-state index in [4.69, 9.17) is 9.47 Å². The van der Waals surface area contributed by atoms with Gasteiger partial charge >= 0.3 is 5.97 Å². The first kappa shape index (κ1) is 14.2. The van der Waals surface area contributed by atoms with Gasteiger partial charge in [0.2, 0.25) is 0 Å². The molecule has 112 valence electrons. The minimum Gasteiger partial charge on any atom is -0.486 e. The van der Waals surface area contributed by atoms with Crippen LogP contribution in [0.15, 0.2) is 42.5 Å². The highest BCUT2D eigenvalue weighted by atomic mass is 16.6. The van der Waals surface area contributed by atoms with Crippen molar-refractivity contribution in [1.82, 2.24) is 0 Å².